The van der Waals surface area contributed by atoms with Crippen molar-refractivity contribution in [1.82, 2.24) is 9.55 Å². The molecular formula is C16H11ClN2O4S. The number of benzene rings is 1. The third-order valence-electron chi connectivity index (χ3n) is 3.24. The Bertz CT molecular complexity index is 979. The number of hydrogen-bond acceptors (Lipinski definition) is 6. The number of halogens is 1. The van der Waals surface area contributed by atoms with Crippen LogP contribution in [-0.2, 0) is 16.1 Å². The van der Waals surface area contributed by atoms with Crippen molar-refractivity contribution in [2.75, 3.05) is 6.61 Å². The van der Waals surface area contributed by atoms with Gasteiger partial charge in [0.2, 0.25) is 5.78 Å². The van der Waals surface area contributed by atoms with Crippen LogP contribution < -0.4 is 5.56 Å². The Hall–Kier alpha value is -2.51. The molecule has 0 saturated carbocycles. The highest BCUT2D eigenvalue weighted by atomic mass is 35.5. The molecule has 0 spiro atoms. The average Bonchev–Trinajstić information content (AvgIpc) is 3.02. The zero-order chi connectivity index (χ0) is 17.1. The first-order valence-electron chi connectivity index (χ1n) is 6.93. The Balaban J connectivity index is 1.66. The zero-order valence-electron chi connectivity index (χ0n) is 12.3. The van der Waals surface area contributed by atoms with Crippen molar-refractivity contribution in [2.45, 2.75) is 6.54 Å². The van der Waals surface area contributed by atoms with Crippen LogP contribution in [0.15, 0.2) is 47.5 Å². The van der Waals surface area contributed by atoms with E-state index in [4.69, 9.17) is 16.3 Å². The standard InChI is InChI=1S/C16H11ClN2O4S/c17-14-6-5-13(24-14)12(20)8-23-15(21)7-19-9-18-11-4-2-1-3-10(11)16(19)22/h1-6,9H,7-8H2. The van der Waals surface area contributed by atoms with Gasteiger partial charge in [-0.2, -0.15) is 0 Å². The summed E-state index contributed by atoms with van der Waals surface area (Å²) in [4.78, 5) is 40.5. The molecule has 0 bridgehead atoms. The van der Waals surface area contributed by atoms with Crippen LogP contribution in [0.3, 0.4) is 0 Å². The molecule has 2 aromatic heterocycles. The molecule has 0 aliphatic heterocycles. The van der Waals surface area contributed by atoms with Gasteiger partial charge in [0.15, 0.2) is 6.61 Å². The van der Waals surface area contributed by atoms with E-state index in [2.05, 4.69) is 4.98 Å². The number of ether oxygens (including phenoxy) is 1. The molecule has 122 valence electrons. The van der Waals surface area contributed by atoms with Gasteiger partial charge >= 0.3 is 5.97 Å². The highest BCUT2D eigenvalue weighted by Gasteiger charge is 2.13. The highest BCUT2D eigenvalue weighted by molar-refractivity contribution is 7.18. The second kappa shape index (κ2) is 6.94. The number of rotatable bonds is 5. The Labute approximate surface area is 145 Å². The lowest BCUT2D eigenvalue weighted by atomic mass is 10.2. The van der Waals surface area contributed by atoms with E-state index < -0.39 is 12.6 Å². The summed E-state index contributed by atoms with van der Waals surface area (Å²) in [5.41, 5.74) is 0.214. The maximum Gasteiger partial charge on any atom is 0.326 e. The third kappa shape index (κ3) is 3.52. The number of thiophene rings is 1. The van der Waals surface area contributed by atoms with Crippen molar-refractivity contribution in [3.63, 3.8) is 0 Å². The van der Waals surface area contributed by atoms with Crippen LogP contribution in [-0.4, -0.2) is 27.9 Å². The summed E-state index contributed by atoms with van der Waals surface area (Å²) in [6.07, 6.45) is 1.28. The van der Waals surface area contributed by atoms with Gasteiger partial charge < -0.3 is 4.74 Å². The van der Waals surface area contributed by atoms with E-state index in [-0.39, 0.29) is 17.9 Å². The molecule has 3 aromatic rings. The van der Waals surface area contributed by atoms with E-state index in [1.165, 1.54) is 6.33 Å². The average molecular weight is 363 g/mol. The highest BCUT2D eigenvalue weighted by Crippen LogP contribution is 2.21. The van der Waals surface area contributed by atoms with E-state index >= 15 is 0 Å². The van der Waals surface area contributed by atoms with Crippen LogP contribution in [0, 0.1) is 0 Å². The first-order chi connectivity index (χ1) is 11.5. The van der Waals surface area contributed by atoms with Crippen molar-refractivity contribution < 1.29 is 14.3 Å². The molecule has 0 unspecified atom stereocenters. The van der Waals surface area contributed by atoms with Crippen LogP contribution in [0.25, 0.3) is 10.9 Å². The van der Waals surface area contributed by atoms with E-state index in [1.807, 2.05) is 0 Å². The van der Waals surface area contributed by atoms with Gasteiger partial charge in [-0.25, -0.2) is 4.98 Å². The SMILES string of the molecule is O=C(Cn1cnc2ccccc2c1=O)OCC(=O)c1ccc(Cl)s1. The third-order valence-corrected chi connectivity index (χ3v) is 4.52. The van der Waals surface area contributed by atoms with Gasteiger partial charge in [0.05, 0.1) is 26.4 Å². The molecule has 0 N–H and O–H groups in total. The summed E-state index contributed by atoms with van der Waals surface area (Å²) < 4.78 is 6.56. The van der Waals surface area contributed by atoms with Crippen LogP contribution >= 0.6 is 22.9 Å². The van der Waals surface area contributed by atoms with E-state index in [0.29, 0.717) is 20.1 Å². The van der Waals surface area contributed by atoms with Gasteiger partial charge in [-0.3, -0.25) is 19.0 Å². The predicted molar refractivity (Wildman–Crippen MR) is 90.6 cm³/mol. The van der Waals surface area contributed by atoms with Crippen LogP contribution in [0.5, 0.6) is 0 Å². The van der Waals surface area contributed by atoms with E-state index in [1.54, 1.807) is 36.4 Å². The first-order valence-corrected chi connectivity index (χ1v) is 8.12. The maximum absolute atomic E-state index is 12.3. The molecule has 0 radical (unpaired) electrons. The van der Waals surface area contributed by atoms with Crippen LogP contribution in [0.4, 0.5) is 0 Å². The summed E-state index contributed by atoms with van der Waals surface area (Å²) in [7, 11) is 0. The zero-order valence-corrected chi connectivity index (χ0v) is 13.8. The van der Waals surface area contributed by atoms with E-state index in [9.17, 15) is 14.4 Å². The fourth-order valence-electron chi connectivity index (χ4n) is 2.08. The molecule has 8 heteroatoms. The lowest BCUT2D eigenvalue weighted by Gasteiger charge is -2.06. The molecule has 6 nitrogen and oxygen atoms in total. The largest absolute Gasteiger partial charge is 0.456 e. The minimum absolute atomic E-state index is 0.310. The Kier molecular flexibility index (Phi) is 4.73. The van der Waals surface area contributed by atoms with Crippen molar-refractivity contribution in [2.24, 2.45) is 0 Å². The molecule has 0 fully saturated rings. The minimum Gasteiger partial charge on any atom is -0.456 e. The number of carbonyl (C=O) groups excluding carboxylic acids is 2. The van der Waals surface area contributed by atoms with Crippen molar-refractivity contribution >= 4 is 45.6 Å². The van der Waals surface area contributed by atoms with Crippen molar-refractivity contribution in [3.05, 3.63) is 62.3 Å². The van der Waals surface area contributed by atoms with E-state index in [0.717, 1.165) is 15.9 Å². The molecule has 0 saturated heterocycles. The van der Waals surface area contributed by atoms with Crippen molar-refractivity contribution in [1.29, 1.82) is 0 Å². The summed E-state index contributed by atoms with van der Waals surface area (Å²) >= 11 is 6.87. The number of aromatic nitrogens is 2. The summed E-state index contributed by atoms with van der Waals surface area (Å²) in [6, 6.07) is 10.0. The molecule has 0 aliphatic carbocycles. The van der Waals surface area contributed by atoms with Gasteiger partial charge in [0, 0.05) is 0 Å². The molecule has 0 amide bonds. The number of fused-ring (bicyclic) bond motifs is 1. The Morgan fingerprint density at radius 3 is 2.75 bits per heavy atom. The van der Waals surface area contributed by atoms with Gasteiger partial charge in [0.1, 0.15) is 6.54 Å². The number of hydrogen-bond donors (Lipinski definition) is 0. The molecule has 24 heavy (non-hydrogen) atoms. The first kappa shape index (κ1) is 16.4. The van der Waals surface area contributed by atoms with Gasteiger partial charge in [-0.15, -0.1) is 11.3 Å². The summed E-state index contributed by atoms with van der Waals surface area (Å²) in [5, 5.41) is 0.414. The quantitative estimate of drug-likeness (QED) is 0.515. The summed E-state index contributed by atoms with van der Waals surface area (Å²) in [5.74, 6) is -1.03. The number of esters is 1. The Morgan fingerprint density at radius 1 is 1.21 bits per heavy atom. The fraction of sp³-hybridized carbons (Fsp3) is 0.125. The van der Waals surface area contributed by atoms with Crippen molar-refractivity contribution in [3.8, 4) is 0 Å². The van der Waals surface area contributed by atoms with Crippen LogP contribution in [0.1, 0.15) is 9.67 Å². The second-order valence-corrected chi connectivity index (χ2v) is 6.60. The minimum atomic E-state index is -0.690. The molecule has 0 aliphatic rings. The monoisotopic (exact) mass is 362 g/mol. The molecule has 3 rings (SSSR count). The molecular weight excluding hydrogens is 352 g/mol. The molecule has 2 heterocycles. The number of Topliss-reactive ketones (excluding diaryl/α,β-unsaturated/α-hetero) is 1. The molecule has 1 aromatic carbocycles. The second-order valence-electron chi connectivity index (χ2n) is 4.88. The van der Waals surface area contributed by atoms with Gasteiger partial charge in [-0.05, 0) is 24.3 Å². The van der Waals surface area contributed by atoms with Crippen LogP contribution in [0.2, 0.25) is 4.34 Å². The summed E-state index contributed by atoms with van der Waals surface area (Å²) in [6.45, 7) is -0.708. The lowest BCUT2D eigenvalue weighted by Crippen LogP contribution is -2.26. The lowest BCUT2D eigenvalue weighted by molar-refractivity contribution is -0.143. The fourth-order valence-corrected chi connectivity index (χ4v) is 3.05. The van der Waals surface area contributed by atoms with Gasteiger partial charge in [0.25, 0.3) is 5.56 Å². The molecule has 0 atom stereocenters. The maximum atomic E-state index is 12.3. The number of nitrogens with zero attached hydrogens (tertiary/aromatic N) is 2. The Morgan fingerprint density at radius 2 is 2.00 bits per heavy atom. The number of para-hydroxylation sites is 1. The predicted octanol–water partition coefficient (Wildman–Crippen LogP) is 2.54. The topological polar surface area (TPSA) is 78.3 Å². The normalized spacial score (nSPS) is 10.7. The smallest absolute Gasteiger partial charge is 0.326 e. The number of ketones is 1. The van der Waals surface area contributed by atoms with Gasteiger partial charge in [-0.1, -0.05) is 23.7 Å². The number of carbonyl (C=O) groups is 2.